The van der Waals surface area contributed by atoms with Crippen LogP contribution in [0.1, 0.15) is 62.0 Å². The zero-order chi connectivity index (χ0) is 27.9. The number of ether oxygens (including phenoxy) is 2. The molecule has 0 bridgehead atoms. The maximum absolute atomic E-state index is 13.5. The largest absolute Gasteiger partial charge is 0.460 e. The molecule has 0 unspecified atom stereocenters. The minimum Gasteiger partial charge on any atom is -0.460 e. The first-order chi connectivity index (χ1) is 17.8. The third-order valence-corrected chi connectivity index (χ3v) is 6.88. The molecule has 3 aromatic rings. The third kappa shape index (κ3) is 5.55. The molecule has 38 heavy (non-hydrogen) atoms. The molecule has 1 aromatic heterocycles. The van der Waals surface area contributed by atoms with E-state index in [4.69, 9.17) is 50.0 Å². The molecule has 0 saturated carbocycles. The van der Waals surface area contributed by atoms with Crippen LogP contribution in [0.25, 0.3) is 11.0 Å². The SMILES string of the molecule is CC(C)(C)OC(=O)CC[C@@H](C(N)=O)n1c(=O)n2c3c(c(C(=O)Oc4c(Cl)cc(Cl)cc4Cl)ccc31)CCC2. The molecule has 4 rings (SSSR count). The van der Waals surface area contributed by atoms with Gasteiger partial charge >= 0.3 is 17.6 Å². The summed E-state index contributed by atoms with van der Waals surface area (Å²) < 4.78 is 13.6. The molecule has 1 aliphatic rings. The summed E-state index contributed by atoms with van der Waals surface area (Å²) in [7, 11) is 0. The van der Waals surface area contributed by atoms with Crippen LogP contribution in [0.15, 0.2) is 29.1 Å². The first kappa shape index (κ1) is 28.0. The van der Waals surface area contributed by atoms with Crippen molar-refractivity contribution >= 4 is 63.7 Å². The highest BCUT2D eigenvalue weighted by molar-refractivity contribution is 6.40. The summed E-state index contributed by atoms with van der Waals surface area (Å²) in [4.78, 5) is 51.4. The minimum absolute atomic E-state index is 0.0179. The average molecular weight is 583 g/mol. The Bertz CT molecular complexity index is 1500. The lowest BCUT2D eigenvalue weighted by Crippen LogP contribution is -2.35. The molecule has 0 fully saturated rings. The molecule has 1 aliphatic heterocycles. The molecule has 202 valence electrons. The number of esters is 2. The Hall–Kier alpha value is -3.01. The number of rotatable bonds is 7. The van der Waals surface area contributed by atoms with E-state index in [9.17, 15) is 19.2 Å². The van der Waals surface area contributed by atoms with E-state index in [-0.39, 0.29) is 39.2 Å². The van der Waals surface area contributed by atoms with Gasteiger partial charge in [0.25, 0.3) is 0 Å². The van der Waals surface area contributed by atoms with Crippen molar-refractivity contribution < 1.29 is 23.9 Å². The summed E-state index contributed by atoms with van der Waals surface area (Å²) in [5, 5.41) is 0.434. The fourth-order valence-corrected chi connectivity index (χ4v) is 5.53. The minimum atomic E-state index is -1.09. The van der Waals surface area contributed by atoms with Crippen LogP contribution in [-0.4, -0.2) is 32.6 Å². The van der Waals surface area contributed by atoms with Gasteiger partial charge in [-0.3, -0.25) is 18.7 Å². The molecule has 0 spiro atoms. The van der Waals surface area contributed by atoms with Crippen molar-refractivity contribution in [2.45, 2.75) is 64.6 Å². The summed E-state index contributed by atoms with van der Waals surface area (Å²) in [6.45, 7) is 5.61. The van der Waals surface area contributed by atoms with Gasteiger partial charge in [-0.05, 0) is 69.9 Å². The maximum atomic E-state index is 13.5. The Balaban J connectivity index is 1.73. The van der Waals surface area contributed by atoms with Gasteiger partial charge in [0.05, 0.1) is 26.6 Å². The standard InChI is InChI=1S/C26H26Cl3N3O6/c1-26(2,3)38-20(33)9-8-19(23(30)34)32-18-7-6-15(14-5-4-10-31(21(14)18)25(32)36)24(35)37-22-16(28)11-13(27)12-17(22)29/h6-7,11-12,19H,4-5,8-10H2,1-3H3,(H2,30,34)/t19-/m0/s1. The van der Waals surface area contributed by atoms with Crippen molar-refractivity contribution in [1.29, 1.82) is 0 Å². The highest BCUT2D eigenvalue weighted by atomic mass is 35.5. The van der Waals surface area contributed by atoms with Crippen LogP contribution in [0, 0.1) is 0 Å². The Kier molecular flexibility index (Phi) is 7.84. The number of hydrogen-bond acceptors (Lipinski definition) is 6. The lowest BCUT2D eigenvalue weighted by atomic mass is 9.98. The number of aryl methyl sites for hydroxylation is 2. The monoisotopic (exact) mass is 581 g/mol. The maximum Gasteiger partial charge on any atom is 0.343 e. The topological polar surface area (TPSA) is 123 Å². The summed E-state index contributed by atoms with van der Waals surface area (Å²) in [5.74, 6) is -2.00. The van der Waals surface area contributed by atoms with Gasteiger partial charge < -0.3 is 15.2 Å². The van der Waals surface area contributed by atoms with Gasteiger partial charge in [-0.2, -0.15) is 0 Å². The zero-order valence-electron chi connectivity index (χ0n) is 21.0. The van der Waals surface area contributed by atoms with Crippen LogP contribution in [0.2, 0.25) is 15.1 Å². The van der Waals surface area contributed by atoms with Gasteiger partial charge in [-0.1, -0.05) is 34.8 Å². The zero-order valence-corrected chi connectivity index (χ0v) is 23.2. The number of nitrogens with zero attached hydrogens (tertiary/aromatic N) is 2. The smallest absolute Gasteiger partial charge is 0.343 e. The number of halogens is 3. The number of imidazole rings is 1. The summed E-state index contributed by atoms with van der Waals surface area (Å²) in [6.07, 6.45) is 0.949. The Morgan fingerprint density at radius 3 is 2.37 bits per heavy atom. The third-order valence-electron chi connectivity index (χ3n) is 6.10. The summed E-state index contributed by atoms with van der Waals surface area (Å²) >= 11 is 18.3. The van der Waals surface area contributed by atoms with E-state index in [2.05, 4.69) is 0 Å². The number of carbonyl (C=O) groups excluding carboxylic acids is 3. The normalized spacial score (nSPS) is 13.8. The fraction of sp³-hybridized carbons (Fsp3) is 0.385. The second-order valence-electron chi connectivity index (χ2n) is 10.00. The Morgan fingerprint density at radius 2 is 1.76 bits per heavy atom. The van der Waals surface area contributed by atoms with Crippen LogP contribution < -0.4 is 16.2 Å². The van der Waals surface area contributed by atoms with Gasteiger partial charge in [0, 0.05) is 18.0 Å². The molecule has 0 saturated heterocycles. The van der Waals surface area contributed by atoms with Crippen LogP contribution in [0.3, 0.4) is 0 Å². The number of nitrogens with two attached hydrogens (primary N) is 1. The van der Waals surface area contributed by atoms with Crippen molar-refractivity contribution in [3.8, 4) is 5.75 Å². The predicted molar refractivity (Wildman–Crippen MR) is 144 cm³/mol. The fourth-order valence-electron chi connectivity index (χ4n) is 4.64. The van der Waals surface area contributed by atoms with E-state index in [1.807, 2.05) is 0 Å². The van der Waals surface area contributed by atoms with Crippen LogP contribution in [0.5, 0.6) is 5.75 Å². The Labute approximate surface area is 233 Å². The van der Waals surface area contributed by atoms with Crippen molar-refractivity contribution in [2.75, 3.05) is 0 Å². The second kappa shape index (κ2) is 10.6. The van der Waals surface area contributed by atoms with Gasteiger partial charge in [-0.25, -0.2) is 9.59 Å². The molecule has 9 nitrogen and oxygen atoms in total. The number of aromatic nitrogens is 2. The molecule has 0 aliphatic carbocycles. The van der Waals surface area contributed by atoms with Gasteiger partial charge in [0.15, 0.2) is 5.75 Å². The molecule has 2 aromatic carbocycles. The van der Waals surface area contributed by atoms with E-state index >= 15 is 0 Å². The van der Waals surface area contributed by atoms with E-state index in [0.717, 1.165) is 0 Å². The average Bonchev–Trinajstić information content (AvgIpc) is 3.08. The molecule has 0 radical (unpaired) electrons. The van der Waals surface area contributed by atoms with Crippen LogP contribution >= 0.6 is 34.8 Å². The van der Waals surface area contributed by atoms with Crippen molar-refractivity contribution in [2.24, 2.45) is 5.73 Å². The second-order valence-corrected chi connectivity index (χ2v) is 11.2. The molecule has 12 heteroatoms. The quantitative estimate of drug-likeness (QED) is 0.306. The highest BCUT2D eigenvalue weighted by Gasteiger charge is 2.31. The van der Waals surface area contributed by atoms with Crippen LogP contribution in [-0.2, 0) is 27.3 Å². The molecule has 2 heterocycles. The molecule has 2 N–H and O–H groups in total. The Morgan fingerprint density at radius 1 is 1.11 bits per heavy atom. The van der Waals surface area contributed by atoms with E-state index in [0.29, 0.717) is 36.0 Å². The molecular weight excluding hydrogens is 557 g/mol. The number of carbonyl (C=O) groups is 3. The number of primary amides is 1. The molecule has 1 amide bonds. The first-order valence-corrected chi connectivity index (χ1v) is 13.1. The van der Waals surface area contributed by atoms with Gasteiger partial charge in [-0.15, -0.1) is 0 Å². The predicted octanol–water partition coefficient (Wildman–Crippen LogP) is 5.08. The lowest BCUT2D eigenvalue weighted by Gasteiger charge is -2.21. The van der Waals surface area contributed by atoms with Gasteiger partial charge in [0.1, 0.15) is 11.6 Å². The highest BCUT2D eigenvalue weighted by Crippen LogP contribution is 2.37. The van der Waals surface area contributed by atoms with E-state index in [1.165, 1.54) is 27.3 Å². The number of amides is 1. The molecular formula is C26H26Cl3N3O6. The number of benzene rings is 2. The first-order valence-electron chi connectivity index (χ1n) is 11.9. The molecule has 1 atom stereocenters. The van der Waals surface area contributed by atoms with Gasteiger partial charge in [0.2, 0.25) is 5.91 Å². The van der Waals surface area contributed by atoms with Crippen molar-refractivity contribution in [3.05, 3.63) is 60.9 Å². The summed E-state index contributed by atoms with van der Waals surface area (Å²) in [6, 6.07) is 4.81. The summed E-state index contributed by atoms with van der Waals surface area (Å²) in [5.41, 5.74) is 6.29. The van der Waals surface area contributed by atoms with E-state index < -0.39 is 35.2 Å². The lowest BCUT2D eigenvalue weighted by molar-refractivity contribution is -0.155. The van der Waals surface area contributed by atoms with Crippen LogP contribution in [0.4, 0.5) is 0 Å². The van der Waals surface area contributed by atoms with Crippen molar-refractivity contribution in [1.82, 2.24) is 9.13 Å². The van der Waals surface area contributed by atoms with Crippen molar-refractivity contribution in [3.63, 3.8) is 0 Å². The number of hydrogen-bond donors (Lipinski definition) is 1. The van der Waals surface area contributed by atoms with E-state index in [1.54, 1.807) is 26.8 Å².